The predicted molar refractivity (Wildman–Crippen MR) is 75.6 cm³/mol. The number of rotatable bonds is 7. The number of halogens is 1. The third-order valence-corrected chi connectivity index (χ3v) is 3.07. The molecule has 1 rings (SSSR count). The Morgan fingerprint density at radius 3 is 2.72 bits per heavy atom. The summed E-state index contributed by atoms with van der Waals surface area (Å²) in [7, 11) is 0. The first-order valence-corrected chi connectivity index (χ1v) is 6.66. The minimum absolute atomic E-state index is 0.156. The van der Waals surface area contributed by atoms with Crippen molar-refractivity contribution in [2.45, 2.75) is 33.1 Å². The van der Waals surface area contributed by atoms with Crippen LogP contribution >= 0.6 is 11.6 Å². The summed E-state index contributed by atoms with van der Waals surface area (Å²) >= 11 is 5.89. The van der Waals surface area contributed by atoms with Crippen molar-refractivity contribution in [1.29, 1.82) is 0 Å². The molecule has 1 aromatic rings. The summed E-state index contributed by atoms with van der Waals surface area (Å²) in [6.45, 7) is 5.17. The van der Waals surface area contributed by atoms with E-state index in [9.17, 15) is 4.79 Å². The first kappa shape index (κ1) is 14.8. The number of carbonyl (C=O) groups is 1. The maximum absolute atomic E-state index is 11.1. The standard InChI is InChI=1S/C14H20ClNO2/c1-10(2)6-3-4-9-16-12-8-5-7-11(15)13(12)14(17)18/h5,7-8,10,16H,3-4,6,9H2,1-2H3,(H,17,18). The lowest BCUT2D eigenvalue weighted by atomic mass is 10.1. The Morgan fingerprint density at radius 1 is 1.39 bits per heavy atom. The van der Waals surface area contributed by atoms with Gasteiger partial charge in [-0.15, -0.1) is 0 Å². The molecule has 0 aliphatic carbocycles. The van der Waals surface area contributed by atoms with Gasteiger partial charge in [0.1, 0.15) is 5.56 Å². The van der Waals surface area contributed by atoms with Crippen molar-refractivity contribution in [2.24, 2.45) is 5.92 Å². The highest BCUT2D eigenvalue weighted by molar-refractivity contribution is 6.34. The van der Waals surface area contributed by atoms with E-state index in [0.717, 1.165) is 19.4 Å². The van der Waals surface area contributed by atoms with Crippen LogP contribution in [-0.4, -0.2) is 17.6 Å². The molecule has 0 heterocycles. The fourth-order valence-electron chi connectivity index (χ4n) is 1.79. The molecule has 0 aromatic heterocycles. The highest BCUT2D eigenvalue weighted by Gasteiger charge is 2.13. The van der Waals surface area contributed by atoms with E-state index in [-0.39, 0.29) is 10.6 Å². The van der Waals surface area contributed by atoms with Crippen LogP contribution in [0.1, 0.15) is 43.5 Å². The molecule has 3 nitrogen and oxygen atoms in total. The number of nitrogens with one attached hydrogen (secondary N) is 1. The number of hydrogen-bond acceptors (Lipinski definition) is 2. The minimum Gasteiger partial charge on any atom is -0.478 e. The summed E-state index contributed by atoms with van der Waals surface area (Å²) < 4.78 is 0. The van der Waals surface area contributed by atoms with Gasteiger partial charge in [0.05, 0.1) is 10.7 Å². The molecule has 4 heteroatoms. The van der Waals surface area contributed by atoms with Crippen LogP contribution in [0.15, 0.2) is 18.2 Å². The summed E-state index contributed by atoms with van der Waals surface area (Å²) in [6, 6.07) is 5.10. The molecular formula is C14H20ClNO2. The van der Waals surface area contributed by atoms with Gasteiger partial charge in [-0.1, -0.05) is 44.4 Å². The lowest BCUT2D eigenvalue weighted by Gasteiger charge is -2.11. The van der Waals surface area contributed by atoms with E-state index >= 15 is 0 Å². The van der Waals surface area contributed by atoms with Crippen LogP contribution < -0.4 is 5.32 Å². The van der Waals surface area contributed by atoms with E-state index < -0.39 is 5.97 Å². The molecule has 2 N–H and O–H groups in total. The van der Waals surface area contributed by atoms with Crippen molar-refractivity contribution in [3.63, 3.8) is 0 Å². The van der Waals surface area contributed by atoms with Crippen molar-refractivity contribution in [1.82, 2.24) is 0 Å². The quantitative estimate of drug-likeness (QED) is 0.727. The Balaban J connectivity index is 2.52. The molecule has 18 heavy (non-hydrogen) atoms. The maximum atomic E-state index is 11.1. The Hall–Kier alpha value is -1.22. The lowest BCUT2D eigenvalue weighted by Crippen LogP contribution is -2.08. The molecule has 0 spiro atoms. The Morgan fingerprint density at radius 2 is 2.11 bits per heavy atom. The second kappa shape index (κ2) is 7.27. The number of carboxylic acid groups (broad SMARTS) is 1. The zero-order valence-electron chi connectivity index (χ0n) is 10.9. The molecule has 0 saturated carbocycles. The molecule has 0 atom stereocenters. The average molecular weight is 270 g/mol. The Kier molecular flexibility index (Phi) is 5.99. The molecule has 0 bridgehead atoms. The molecule has 0 aliphatic rings. The van der Waals surface area contributed by atoms with Gasteiger partial charge in [-0.05, 0) is 24.5 Å². The van der Waals surface area contributed by atoms with Crippen molar-refractivity contribution < 1.29 is 9.90 Å². The highest BCUT2D eigenvalue weighted by atomic mass is 35.5. The Bertz CT molecular complexity index is 405. The fourth-order valence-corrected chi connectivity index (χ4v) is 2.04. The number of benzene rings is 1. The first-order chi connectivity index (χ1) is 8.52. The lowest BCUT2D eigenvalue weighted by molar-refractivity contribution is 0.0698. The van der Waals surface area contributed by atoms with Gasteiger partial charge in [-0.25, -0.2) is 4.79 Å². The van der Waals surface area contributed by atoms with Crippen LogP contribution in [0.5, 0.6) is 0 Å². The summed E-state index contributed by atoms with van der Waals surface area (Å²) in [5.41, 5.74) is 0.752. The first-order valence-electron chi connectivity index (χ1n) is 6.28. The molecule has 0 fully saturated rings. The summed E-state index contributed by atoms with van der Waals surface area (Å²) in [5, 5.41) is 12.5. The SMILES string of the molecule is CC(C)CCCCNc1cccc(Cl)c1C(=O)O. The second-order valence-electron chi connectivity index (χ2n) is 4.78. The van der Waals surface area contributed by atoms with Crippen LogP contribution in [0.3, 0.4) is 0 Å². The third-order valence-electron chi connectivity index (χ3n) is 2.75. The van der Waals surface area contributed by atoms with Gasteiger partial charge in [0.15, 0.2) is 0 Å². The number of hydrogen-bond donors (Lipinski definition) is 2. The smallest absolute Gasteiger partial charge is 0.339 e. The zero-order chi connectivity index (χ0) is 13.5. The van der Waals surface area contributed by atoms with Gasteiger partial charge in [0, 0.05) is 6.54 Å². The molecule has 0 radical (unpaired) electrons. The molecule has 1 aromatic carbocycles. The zero-order valence-corrected chi connectivity index (χ0v) is 11.6. The van der Waals surface area contributed by atoms with E-state index in [1.807, 2.05) is 0 Å². The summed E-state index contributed by atoms with van der Waals surface area (Å²) in [4.78, 5) is 11.1. The van der Waals surface area contributed by atoms with Crippen LogP contribution in [0.2, 0.25) is 5.02 Å². The van der Waals surface area contributed by atoms with Crippen LogP contribution in [-0.2, 0) is 0 Å². The summed E-state index contributed by atoms with van der Waals surface area (Å²) in [6.07, 6.45) is 3.38. The van der Waals surface area contributed by atoms with Crippen LogP contribution in [0.4, 0.5) is 5.69 Å². The second-order valence-corrected chi connectivity index (χ2v) is 5.19. The monoisotopic (exact) mass is 269 g/mol. The Labute approximate surface area is 113 Å². The van der Waals surface area contributed by atoms with Gasteiger partial charge in [-0.2, -0.15) is 0 Å². The van der Waals surface area contributed by atoms with Gasteiger partial charge >= 0.3 is 5.97 Å². The van der Waals surface area contributed by atoms with Crippen molar-refractivity contribution in [3.8, 4) is 0 Å². The van der Waals surface area contributed by atoms with Crippen molar-refractivity contribution in [2.75, 3.05) is 11.9 Å². The van der Waals surface area contributed by atoms with Crippen molar-refractivity contribution >= 4 is 23.3 Å². The molecular weight excluding hydrogens is 250 g/mol. The van der Waals surface area contributed by atoms with E-state index in [0.29, 0.717) is 11.6 Å². The average Bonchev–Trinajstić information content (AvgIpc) is 2.27. The molecule has 100 valence electrons. The van der Waals surface area contributed by atoms with Gasteiger partial charge in [0.25, 0.3) is 0 Å². The van der Waals surface area contributed by atoms with E-state index in [4.69, 9.17) is 16.7 Å². The van der Waals surface area contributed by atoms with E-state index in [2.05, 4.69) is 19.2 Å². The number of anilines is 1. The van der Waals surface area contributed by atoms with Gasteiger partial charge < -0.3 is 10.4 Å². The highest BCUT2D eigenvalue weighted by Crippen LogP contribution is 2.24. The predicted octanol–water partition coefficient (Wildman–Crippen LogP) is 4.28. The molecule has 0 aliphatic heterocycles. The van der Waals surface area contributed by atoms with Crippen LogP contribution in [0.25, 0.3) is 0 Å². The normalized spacial score (nSPS) is 10.7. The minimum atomic E-state index is -0.995. The topological polar surface area (TPSA) is 49.3 Å². The summed E-state index contributed by atoms with van der Waals surface area (Å²) in [5.74, 6) is -0.281. The molecule has 0 saturated heterocycles. The number of carboxylic acids is 1. The number of unbranched alkanes of at least 4 members (excludes halogenated alkanes) is 1. The van der Waals surface area contributed by atoms with Gasteiger partial charge in [0.2, 0.25) is 0 Å². The molecule has 0 amide bonds. The van der Waals surface area contributed by atoms with Crippen LogP contribution in [0, 0.1) is 5.92 Å². The molecule has 0 unspecified atom stereocenters. The van der Waals surface area contributed by atoms with Crippen molar-refractivity contribution in [3.05, 3.63) is 28.8 Å². The van der Waals surface area contributed by atoms with E-state index in [1.54, 1.807) is 18.2 Å². The maximum Gasteiger partial charge on any atom is 0.339 e. The van der Waals surface area contributed by atoms with E-state index in [1.165, 1.54) is 6.42 Å². The van der Waals surface area contributed by atoms with Gasteiger partial charge in [-0.3, -0.25) is 0 Å². The third kappa shape index (κ3) is 4.57. The number of aromatic carboxylic acids is 1. The largest absolute Gasteiger partial charge is 0.478 e. The fraction of sp³-hybridized carbons (Fsp3) is 0.500.